The van der Waals surface area contributed by atoms with Crippen LogP contribution in [0.15, 0.2) is 84.0 Å². The summed E-state index contributed by atoms with van der Waals surface area (Å²) in [4.78, 5) is 29.2. The SMILES string of the molecule is CC(C)c1ccc(NC(=O)COC(=O)CSc2nc3ccccc3n2Cc2ccccc2)cc1. The Morgan fingerprint density at radius 2 is 1.68 bits per heavy atom. The molecule has 174 valence electrons. The maximum absolute atomic E-state index is 12.3. The molecule has 4 aromatic rings. The van der Waals surface area contributed by atoms with Gasteiger partial charge in [0, 0.05) is 5.69 Å². The van der Waals surface area contributed by atoms with Gasteiger partial charge in [0.05, 0.1) is 23.3 Å². The van der Waals surface area contributed by atoms with Gasteiger partial charge in [-0.1, -0.05) is 80.2 Å². The zero-order valence-electron chi connectivity index (χ0n) is 19.2. The molecule has 0 aliphatic heterocycles. The molecule has 1 aromatic heterocycles. The summed E-state index contributed by atoms with van der Waals surface area (Å²) in [5.74, 6) is -0.348. The molecular weight excluding hydrogens is 446 g/mol. The minimum atomic E-state index is -0.464. The normalized spacial score (nSPS) is 11.0. The molecule has 0 bridgehead atoms. The molecule has 1 N–H and O–H groups in total. The highest BCUT2D eigenvalue weighted by Gasteiger charge is 2.15. The standard InChI is InChI=1S/C27H27N3O3S/c1-19(2)21-12-14-22(15-13-21)28-25(31)17-33-26(32)18-34-27-29-23-10-6-7-11-24(23)30(27)16-20-8-4-3-5-9-20/h3-15,19H,16-18H2,1-2H3,(H,28,31). The third kappa shape index (κ3) is 6.05. The van der Waals surface area contributed by atoms with Gasteiger partial charge in [0.1, 0.15) is 0 Å². The third-order valence-electron chi connectivity index (χ3n) is 5.35. The number of rotatable bonds is 9. The van der Waals surface area contributed by atoms with E-state index < -0.39 is 5.97 Å². The Hall–Kier alpha value is -3.58. The number of aromatic nitrogens is 2. The van der Waals surface area contributed by atoms with E-state index >= 15 is 0 Å². The van der Waals surface area contributed by atoms with Crippen molar-refractivity contribution in [3.05, 3.63) is 90.0 Å². The van der Waals surface area contributed by atoms with Gasteiger partial charge in [-0.25, -0.2) is 4.98 Å². The van der Waals surface area contributed by atoms with Crippen LogP contribution in [0.4, 0.5) is 5.69 Å². The number of para-hydroxylation sites is 2. The summed E-state index contributed by atoms with van der Waals surface area (Å²) >= 11 is 1.31. The van der Waals surface area contributed by atoms with E-state index in [1.54, 1.807) is 0 Å². The molecule has 3 aromatic carbocycles. The van der Waals surface area contributed by atoms with E-state index in [1.807, 2.05) is 66.7 Å². The monoisotopic (exact) mass is 473 g/mol. The molecule has 1 heterocycles. The minimum Gasteiger partial charge on any atom is -0.455 e. The Labute approximate surface area is 203 Å². The molecule has 1 amide bonds. The van der Waals surface area contributed by atoms with Crippen LogP contribution in [0.5, 0.6) is 0 Å². The van der Waals surface area contributed by atoms with Crippen molar-refractivity contribution in [1.29, 1.82) is 0 Å². The maximum atomic E-state index is 12.3. The summed E-state index contributed by atoms with van der Waals surface area (Å²) in [5, 5.41) is 3.49. The van der Waals surface area contributed by atoms with Crippen molar-refractivity contribution in [1.82, 2.24) is 9.55 Å². The summed E-state index contributed by atoms with van der Waals surface area (Å²) < 4.78 is 7.28. The second kappa shape index (κ2) is 11.0. The highest BCUT2D eigenvalue weighted by molar-refractivity contribution is 7.99. The number of hydrogen-bond donors (Lipinski definition) is 1. The molecule has 0 aliphatic rings. The van der Waals surface area contributed by atoms with Crippen molar-refractivity contribution in [2.45, 2.75) is 31.5 Å². The molecule has 6 nitrogen and oxygen atoms in total. The Morgan fingerprint density at radius 1 is 0.971 bits per heavy atom. The summed E-state index contributed by atoms with van der Waals surface area (Å²) in [6.45, 7) is 4.55. The number of nitrogens with one attached hydrogen (secondary N) is 1. The van der Waals surface area contributed by atoms with Gasteiger partial charge in [-0.15, -0.1) is 0 Å². The van der Waals surface area contributed by atoms with Crippen molar-refractivity contribution < 1.29 is 14.3 Å². The second-order valence-electron chi connectivity index (χ2n) is 8.23. The molecule has 4 rings (SSSR count). The fourth-order valence-electron chi connectivity index (χ4n) is 3.54. The summed E-state index contributed by atoms with van der Waals surface area (Å²) in [6, 6.07) is 25.7. The number of anilines is 1. The van der Waals surface area contributed by atoms with Gasteiger partial charge in [-0.05, 0) is 41.3 Å². The van der Waals surface area contributed by atoms with Crippen LogP contribution in [-0.4, -0.2) is 33.8 Å². The summed E-state index contributed by atoms with van der Waals surface area (Å²) in [7, 11) is 0. The lowest BCUT2D eigenvalue weighted by Crippen LogP contribution is -2.21. The van der Waals surface area contributed by atoms with E-state index in [0.29, 0.717) is 18.2 Å². The molecule has 0 atom stereocenters. The molecule has 34 heavy (non-hydrogen) atoms. The number of carbonyl (C=O) groups is 2. The van der Waals surface area contributed by atoms with Crippen molar-refractivity contribution in [2.75, 3.05) is 17.7 Å². The first-order chi connectivity index (χ1) is 16.5. The Balaban J connectivity index is 1.33. The van der Waals surface area contributed by atoms with E-state index in [-0.39, 0.29) is 18.3 Å². The molecule has 7 heteroatoms. The van der Waals surface area contributed by atoms with Crippen molar-refractivity contribution in [3.63, 3.8) is 0 Å². The lowest BCUT2D eigenvalue weighted by Gasteiger charge is -2.10. The van der Waals surface area contributed by atoms with Gasteiger partial charge in [0.2, 0.25) is 0 Å². The van der Waals surface area contributed by atoms with Gasteiger partial charge >= 0.3 is 5.97 Å². The number of imidazole rings is 1. The Bertz CT molecular complexity index is 1270. The topological polar surface area (TPSA) is 73.2 Å². The molecule has 0 fully saturated rings. The number of thioether (sulfide) groups is 1. The average molecular weight is 474 g/mol. The largest absolute Gasteiger partial charge is 0.455 e. The first-order valence-corrected chi connectivity index (χ1v) is 12.2. The minimum absolute atomic E-state index is 0.0640. The first-order valence-electron chi connectivity index (χ1n) is 11.2. The zero-order valence-corrected chi connectivity index (χ0v) is 20.0. The molecule has 0 aliphatic carbocycles. The zero-order chi connectivity index (χ0) is 23.9. The molecule has 0 radical (unpaired) electrons. The first kappa shape index (κ1) is 23.6. The summed E-state index contributed by atoms with van der Waals surface area (Å²) in [6.07, 6.45) is 0. The summed E-state index contributed by atoms with van der Waals surface area (Å²) in [5.41, 5.74) is 4.89. The van der Waals surface area contributed by atoms with Gasteiger partial charge in [0.15, 0.2) is 11.8 Å². The van der Waals surface area contributed by atoms with Crippen LogP contribution < -0.4 is 5.32 Å². The van der Waals surface area contributed by atoms with E-state index in [2.05, 4.69) is 35.9 Å². The lowest BCUT2D eigenvalue weighted by molar-refractivity contribution is -0.144. The van der Waals surface area contributed by atoms with Crippen LogP contribution in [0.25, 0.3) is 11.0 Å². The number of benzene rings is 3. The number of carbonyl (C=O) groups excluding carboxylic acids is 2. The number of esters is 1. The molecule has 0 spiro atoms. The van der Waals surface area contributed by atoms with Crippen LogP contribution in [0.1, 0.15) is 30.9 Å². The van der Waals surface area contributed by atoms with E-state index in [9.17, 15) is 9.59 Å². The maximum Gasteiger partial charge on any atom is 0.316 e. The Morgan fingerprint density at radius 3 is 2.41 bits per heavy atom. The number of nitrogens with zero attached hydrogens (tertiary/aromatic N) is 2. The molecule has 0 unspecified atom stereocenters. The number of fused-ring (bicyclic) bond motifs is 1. The van der Waals surface area contributed by atoms with Gasteiger partial charge < -0.3 is 14.6 Å². The highest BCUT2D eigenvalue weighted by atomic mass is 32.2. The fourth-order valence-corrected chi connectivity index (χ4v) is 4.35. The van der Waals surface area contributed by atoms with Gasteiger partial charge in [0.25, 0.3) is 5.91 Å². The molecule has 0 saturated heterocycles. The third-order valence-corrected chi connectivity index (χ3v) is 6.30. The number of hydrogen-bond acceptors (Lipinski definition) is 5. The number of amides is 1. The predicted molar refractivity (Wildman–Crippen MR) is 136 cm³/mol. The quantitative estimate of drug-likeness (QED) is 0.257. The number of ether oxygens (including phenoxy) is 1. The Kier molecular flexibility index (Phi) is 7.65. The van der Waals surface area contributed by atoms with E-state index in [4.69, 9.17) is 9.72 Å². The van der Waals surface area contributed by atoms with E-state index in [1.165, 1.54) is 17.3 Å². The average Bonchev–Trinajstić information content (AvgIpc) is 3.19. The lowest BCUT2D eigenvalue weighted by atomic mass is 10.0. The smallest absolute Gasteiger partial charge is 0.316 e. The van der Waals surface area contributed by atoms with Crippen LogP contribution in [-0.2, 0) is 20.9 Å². The van der Waals surface area contributed by atoms with Crippen LogP contribution in [0.2, 0.25) is 0 Å². The van der Waals surface area contributed by atoms with Crippen molar-refractivity contribution in [3.8, 4) is 0 Å². The second-order valence-corrected chi connectivity index (χ2v) is 9.17. The highest BCUT2D eigenvalue weighted by Crippen LogP contribution is 2.25. The van der Waals surface area contributed by atoms with Crippen molar-refractivity contribution in [2.24, 2.45) is 0 Å². The van der Waals surface area contributed by atoms with Crippen LogP contribution in [0.3, 0.4) is 0 Å². The van der Waals surface area contributed by atoms with Crippen LogP contribution >= 0.6 is 11.8 Å². The van der Waals surface area contributed by atoms with Gasteiger partial charge in [-0.2, -0.15) is 0 Å². The van der Waals surface area contributed by atoms with E-state index in [0.717, 1.165) is 21.8 Å². The molecular formula is C27H27N3O3S. The fraction of sp³-hybridized carbons (Fsp3) is 0.222. The molecule has 0 saturated carbocycles. The predicted octanol–water partition coefficient (Wildman–Crippen LogP) is 5.48. The van der Waals surface area contributed by atoms with Crippen LogP contribution in [0, 0.1) is 0 Å². The van der Waals surface area contributed by atoms with Crippen molar-refractivity contribution >= 4 is 40.4 Å². The van der Waals surface area contributed by atoms with Gasteiger partial charge in [-0.3, -0.25) is 9.59 Å².